The molecule has 4 aromatic rings. The summed E-state index contributed by atoms with van der Waals surface area (Å²) in [5.41, 5.74) is 2.62. The molecular formula is C27H25ClFN9O3. The maximum Gasteiger partial charge on any atom is 0.411 e. The Balaban J connectivity index is 1.40. The minimum atomic E-state index is -0.663. The zero-order valence-electron chi connectivity index (χ0n) is 21.8. The lowest BCUT2D eigenvalue weighted by molar-refractivity contribution is -0.117. The number of aromatic nitrogens is 6. The number of hydrogen-bond acceptors (Lipinski definition) is 8. The third kappa shape index (κ3) is 6.64. The molecule has 1 aliphatic rings. The number of nitrogens with one attached hydrogen (secondary N) is 3. The number of carbonyl (C=O) groups excluding carboxylic acids is 2. The molecule has 0 saturated carbocycles. The maximum atomic E-state index is 15.2. The summed E-state index contributed by atoms with van der Waals surface area (Å²) in [6, 6.07) is 9.40. The van der Waals surface area contributed by atoms with Crippen molar-refractivity contribution in [3.05, 3.63) is 71.2 Å². The van der Waals surface area contributed by atoms with Gasteiger partial charge in [-0.2, -0.15) is 9.07 Å². The Morgan fingerprint density at radius 3 is 2.90 bits per heavy atom. The van der Waals surface area contributed by atoms with E-state index in [0.717, 1.165) is 12.8 Å². The fourth-order valence-corrected chi connectivity index (χ4v) is 4.53. The lowest BCUT2D eigenvalue weighted by atomic mass is 10.1. The van der Waals surface area contributed by atoms with E-state index in [9.17, 15) is 9.59 Å². The van der Waals surface area contributed by atoms with E-state index < -0.39 is 24.0 Å². The summed E-state index contributed by atoms with van der Waals surface area (Å²) in [5, 5.41) is 17.2. The molecular weight excluding hydrogens is 553 g/mol. The third-order valence-corrected chi connectivity index (χ3v) is 6.55. The fraction of sp³-hybridized carbons (Fsp3) is 0.222. The van der Waals surface area contributed by atoms with Crippen LogP contribution < -0.4 is 10.6 Å². The first kappa shape index (κ1) is 27.6. The first-order chi connectivity index (χ1) is 19.9. The Kier molecular flexibility index (Phi) is 8.44. The average molecular weight is 578 g/mol. The molecule has 3 heterocycles. The summed E-state index contributed by atoms with van der Waals surface area (Å²) in [6.07, 6.45) is 8.24. The third-order valence-electron chi connectivity index (χ3n) is 6.32. The number of benzene rings is 2. The number of amides is 2. The number of methoxy groups -OCH3 is 1. The van der Waals surface area contributed by atoms with Gasteiger partial charge in [-0.15, -0.1) is 5.10 Å². The molecule has 3 N–H and O–H groups in total. The van der Waals surface area contributed by atoms with Crippen LogP contribution in [0.15, 0.2) is 53.8 Å². The normalized spacial score (nSPS) is 15.0. The molecule has 2 aromatic heterocycles. The summed E-state index contributed by atoms with van der Waals surface area (Å²) in [7, 11) is 1.26. The lowest BCUT2D eigenvalue weighted by Crippen LogP contribution is -2.27. The number of aromatic amines is 1. The summed E-state index contributed by atoms with van der Waals surface area (Å²) in [5.74, 6) is -0.781. The molecule has 1 atom stereocenters. The first-order valence-electron chi connectivity index (χ1n) is 12.7. The van der Waals surface area contributed by atoms with Gasteiger partial charge in [0.15, 0.2) is 0 Å². The van der Waals surface area contributed by atoms with Crippen molar-refractivity contribution in [2.24, 2.45) is 4.99 Å². The highest BCUT2D eigenvalue weighted by atomic mass is 35.5. The molecule has 14 heteroatoms. The predicted octanol–water partition coefficient (Wildman–Crippen LogP) is 5.17. The molecule has 41 heavy (non-hydrogen) atoms. The summed E-state index contributed by atoms with van der Waals surface area (Å²) >= 11 is 6.17. The van der Waals surface area contributed by atoms with Crippen LogP contribution in [-0.2, 0) is 9.53 Å². The molecule has 0 saturated heterocycles. The monoisotopic (exact) mass is 577 g/mol. The molecule has 12 nitrogen and oxygen atoms in total. The van der Waals surface area contributed by atoms with Crippen LogP contribution in [0.3, 0.4) is 0 Å². The van der Waals surface area contributed by atoms with Crippen LogP contribution in [0.4, 0.5) is 20.6 Å². The van der Waals surface area contributed by atoms with E-state index in [1.165, 1.54) is 24.2 Å². The smallest absolute Gasteiger partial charge is 0.411 e. The number of anilines is 1. The van der Waals surface area contributed by atoms with Crippen molar-refractivity contribution in [2.45, 2.75) is 31.7 Å². The van der Waals surface area contributed by atoms with Gasteiger partial charge in [0.1, 0.15) is 17.8 Å². The number of rotatable bonds is 5. The van der Waals surface area contributed by atoms with Gasteiger partial charge >= 0.3 is 6.09 Å². The number of H-pyrrole nitrogens is 1. The predicted molar refractivity (Wildman–Crippen MR) is 151 cm³/mol. The first-order valence-corrected chi connectivity index (χ1v) is 13.1. The Morgan fingerprint density at radius 1 is 1.22 bits per heavy atom. The maximum absolute atomic E-state index is 15.2. The molecule has 1 unspecified atom stereocenters. The molecule has 5 rings (SSSR count). The van der Waals surface area contributed by atoms with Crippen molar-refractivity contribution >= 4 is 47.3 Å². The number of aliphatic imine (C=N–C) groups is 1. The summed E-state index contributed by atoms with van der Waals surface area (Å²) in [4.78, 5) is 36.4. The van der Waals surface area contributed by atoms with E-state index in [1.54, 1.807) is 48.7 Å². The number of imidazole rings is 1. The molecule has 2 bridgehead atoms. The second kappa shape index (κ2) is 12.5. The summed E-state index contributed by atoms with van der Waals surface area (Å²) < 4.78 is 21.3. The number of tetrazole rings is 1. The summed E-state index contributed by atoms with van der Waals surface area (Å²) in [6.45, 7) is 0. The van der Waals surface area contributed by atoms with Gasteiger partial charge < -0.3 is 15.0 Å². The number of fused-ring (bicyclic) bond motifs is 4. The van der Waals surface area contributed by atoms with Crippen LogP contribution in [0, 0.1) is 5.95 Å². The quantitative estimate of drug-likeness (QED) is 0.277. The molecule has 2 amide bonds. The lowest BCUT2D eigenvalue weighted by Gasteiger charge is -2.16. The van der Waals surface area contributed by atoms with Gasteiger partial charge in [-0.1, -0.05) is 18.0 Å². The van der Waals surface area contributed by atoms with E-state index in [2.05, 4.69) is 45.9 Å². The van der Waals surface area contributed by atoms with Gasteiger partial charge in [-0.25, -0.2) is 9.78 Å². The van der Waals surface area contributed by atoms with Crippen LogP contribution in [0.25, 0.3) is 23.0 Å². The zero-order valence-corrected chi connectivity index (χ0v) is 22.6. The molecule has 0 aliphatic carbocycles. The molecule has 1 aliphatic heterocycles. The Hall–Kier alpha value is -4.91. The van der Waals surface area contributed by atoms with Crippen LogP contribution in [-0.4, -0.2) is 55.5 Å². The molecule has 0 spiro atoms. The van der Waals surface area contributed by atoms with Crippen molar-refractivity contribution in [3.63, 3.8) is 0 Å². The Labute approximate surface area is 238 Å². The van der Waals surface area contributed by atoms with Crippen LogP contribution in [0.2, 0.25) is 5.02 Å². The van der Waals surface area contributed by atoms with Gasteiger partial charge in [-0.3, -0.25) is 15.1 Å². The minimum Gasteiger partial charge on any atom is -0.453 e. The van der Waals surface area contributed by atoms with Crippen molar-refractivity contribution < 1.29 is 18.7 Å². The molecule has 0 radical (unpaired) electrons. The second-order valence-electron chi connectivity index (χ2n) is 9.08. The number of ether oxygens (including phenoxy) is 1. The topological polar surface area (TPSA) is 152 Å². The zero-order chi connectivity index (χ0) is 28.8. The highest BCUT2D eigenvalue weighted by molar-refractivity contribution is 6.30. The standard InChI is InChI=1S/C27H25ClFN9O3/c1-41-27(40)32-18-8-9-19-21(14-18)30-12-4-2-3-5-20(26-34-24(19)25(29)35-26)33-23(39)11-6-16-13-17(28)7-10-22(16)38-15-31-36-37-38/h6-15,20H,2-5H2,1H3,(H,32,40)(H,33,39)(H,34,35). The second-order valence-corrected chi connectivity index (χ2v) is 9.52. The number of nitrogens with zero attached hydrogens (tertiary/aromatic N) is 6. The van der Waals surface area contributed by atoms with Crippen molar-refractivity contribution in [1.29, 1.82) is 0 Å². The number of carbonyl (C=O) groups is 2. The number of halogens is 2. The van der Waals surface area contributed by atoms with Gasteiger partial charge in [0.05, 0.1) is 24.5 Å². The SMILES string of the molecule is COC(=O)Nc1ccc2c(c1)N=CCCCCC(NC(=O)C=Cc1cc(Cl)ccc1-n1cnnn1)c1nc-2c(F)[nH]1. The molecule has 0 fully saturated rings. The highest BCUT2D eigenvalue weighted by Crippen LogP contribution is 2.35. The van der Waals surface area contributed by atoms with Gasteiger partial charge in [-0.05, 0) is 72.2 Å². The van der Waals surface area contributed by atoms with Crippen molar-refractivity contribution in [3.8, 4) is 16.9 Å². The highest BCUT2D eigenvalue weighted by Gasteiger charge is 2.23. The fourth-order valence-electron chi connectivity index (χ4n) is 4.35. The number of hydrogen-bond donors (Lipinski definition) is 3. The molecule has 2 aromatic carbocycles. The van der Waals surface area contributed by atoms with Crippen molar-refractivity contribution in [2.75, 3.05) is 12.4 Å². The van der Waals surface area contributed by atoms with Crippen LogP contribution in [0.5, 0.6) is 0 Å². The van der Waals surface area contributed by atoms with Crippen LogP contribution in [0.1, 0.15) is 43.1 Å². The van der Waals surface area contributed by atoms with E-state index in [4.69, 9.17) is 11.6 Å². The average Bonchev–Trinajstić information content (AvgIpc) is 3.63. The van der Waals surface area contributed by atoms with E-state index in [1.807, 2.05) is 0 Å². The van der Waals surface area contributed by atoms with E-state index >= 15 is 4.39 Å². The Morgan fingerprint density at radius 2 is 2.10 bits per heavy atom. The van der Waals surface area contributed by atoms with Gasteiger partial charge in [0.2, 0.25) is 11.9 Å². The Bertz CT molecular complexity index is 1620. The largest absolute Gasteiger partial charge is 0.453 e. The molecule has 210 valence electrons. The van der Waals surface area contributed by atoms with Crippen LogP contribution >= 0.6 is 11.6 Å². The van der Waals surface area contributed by atoms with Crippen molar-refractivity contribution in [1.82, 2.24) is 35.5 Å². The van der Waals surface area contributed by atoms with Gasteiger partial charge in [0.25, 0.3) is 0 Å². The van der Waals surface area contributed by atoms with Gasteiger partial charge in [0, 0.05) is 34.1 Å². The minimum absolute atomic E-state index is 0.0529. The van der Waals surface area contributed by atoms with E-state index in [-0.39, 0.29) is 11.5 Å². The van der Waals surface area contributed by atoms with E-state index in [0.29, 0.717) is 46.1 Å².